The van der Waals surface area contributed by atoms with Gasteiger partial charge in [-0.05, 0) is 60.2 Å². The van der Waals surface area contributed by atoms with Gasteiger partial charge in [-0.15, -0.1) is 11.3 Å². The fourth-order valence-electron chi connectivity index (χ4n) is 2.95. The predicted molar refractivity (Wildman–Crippen MR) is 129 cm³/mol. The van der Waals surface area contributed by atoms with Crippen molar-refractivity contribution in [2.45, 2.75) is 13.0 Å². The molecule has 0 aliphatic carbocycles. The summed E-state index contributed by atoms with van der Waals surface area (Å²) in [5, 5.41) is 0.522. The van der Waals surface area contributed by atoms with E-state index in [1.807, 2.05) is 42.5 Å². The number of rotatable bonds is 8. The lowest BCUT2D eigenvalue weighted by Gasteiger charge is -2.06. The first-order valence-electron chi connectivity index (χ1n) is 9.58. The van der Waals surface area contributed by atoms with Crippen LogP contribution < -0.4 is 4.74 Å². The number of allylic oxidation sites excluding steroid dienone is 1. The number of carbonyl (C=O) groups is 1. The summed E-state index contributed by atoms with van der Waals surface area (Å²) < 4.78 is 12.3. The Kier molecular flexibility index (Phi) is 7.07. The highest BCUT2D eigenvalue weighted by atomic mass is 79.9. The van der Waals surface area contributed by atoms with Crippen molar-refractivity contribution in [3.8, 4) is 5.75 Å². The molecule has 2 heterocycles. The Morgan fingerprint density at radius 1 is 1.06 bits per heavy atom. The SMILES string of the molecule is O=C(/C=C/c1ccc(COc2ccc(Br)cc2Cl)o1)c1ccc(Cc2ccccc2)s1. The summed E-state index contributed by atoms with van der Waals surface area (Å²) in [6, 6.07) is 23.2. The van der Waals surface area contributed by atoms with Crippen molar-refractivity contribution in [2.75, 3.05) is 0 Å². The molecular formula is C25H18BrClO3S. The minimum absolute atomic E-state index is 0.0415. The molecule has 2 aromatic heterocycles. The van der Waals surface area contributed by atoms with Crippen molar-refractivity contribution < 1.29 is 13.9 Å². The number of benzene rings is 2. The lowest BCUT2D eigenvalue weighted by molar-refractivity contribution is 0.105. The van der Waals surface area contributed by atoms with Gasteiger partial charge in [0.2, 0.25) is 0 Å². The average Bonchev–Trinajstić information content (AvgIpc) is 3.42. The van der Waals surface area contributed by atoms with E-state index in [-0.39, 0.29) is 12.4 Å². The maximum atomic E-state index is 12.5. The molecule has 0 unspecified atom stereocenters. The van der Waals surface area contributed by atoms with Crippen LogP contribution in [0, 0.1) is 0 Å². The van der Waals surface area contributed by atoms with Crippen LogP contribution in [0.5, 0.6) is 5.75 Å². The average molecular weight is 514 g/mol. The van der Waals surface area contributed by atoms with Crippen LogP contribution in [0.3, 0.4) is 0 Å². The number of halogens is 2. The zero-order chi connectivity index (χ0) is 21.6. The second kappa shape index (κ2) is 10.1. The Balaban J connectivity index is 1.33. The minimum atomic E-state index is -0.0415. The lowest BCUT2D eigenvalue weighted by Crippen LogP contribution is -1.94. The van der Waals surface area contributed by atoms with Crippen LogP contribution in [0.15, 0.2) is 87.8 Å². The highest BCUT2D eigenvalue weighted by Crippen LogP contribution is 2.28. The van der Waals surface area contributed by atoms with Crippen molar-refractivity contribution >= 4 is 50.7 Å². The van der Waals surface area contributed by atoms with Crippen LogP contribution in [0.25, 0.3) is 6.08 Å². The summed E-state index contributed by atoms with van der Waals surface area (Å²) in [5.74, 6) is 1.78. The van der Waals surface area contributed by atoms with Gasteiger partial charge in [0.05, 0.1) is 9.90 Å². The number of ketones is 1. The Morgan fingerprint density at radius 3 is 2.71 bits per heavy atom. The second-order valence-corrected chi connectivity index (χ2v) is 9.28. The first-order valence-corrected chi connectivity index (χ1v) is 11.6. The molecule has 0 saturated carbocycles. The Labute approximate surface area is 198 Å². The predicted octanol–water partition coefficient (Wildman–Crippen LogP) is 7.82. The fraction of sp³-hybridized carbons (Fsp3) is 0.0800. The largest absolute Gasteiger partial charge is 0.484 e. The van der Waals surface area contributed by atoms with E-state index in [4.69, 9.17) is 20.8 Å². The molecule has 31 heavy (non-hydrogen) atoms. The third kappa shape index (κ3) is 5.97. The second-order valence-electron chi connectivity index (χ2n) is 6.79. The van der Waals surface area contributed by atoms with E-state index in [0.29, 0.717) is 27.2 Å². The molecule has 0 aliphatic rings. The molecule has 2 aromatic carbocycles. The van der Waals surface area contributed by atoms with Crippen molar-refractivity contribution in [1.29, 1.82) is 0 Å². The summed E-state index contributed by atoms with van der Waals surface area (Å²) in [4.78, 5) is 14.4. The van der Waals surface area contributed by atoms with E-state index in [9.17, 15) is 4.79 Å². The van der Waals surface area contributed by atoms with Gasteiger partial charge >= 0.3 is 0 Å². The molecule has 156 valence electrons. The smallest absolute Gasteiger partial charge is 0.195 e. The van der Waals surface area contributed by atoms with E-state index in [0.717, 1.165) is 15.8 Å². The summed E-state index contributed by atoms with van der Waals surface area (Å²) >= 11 is 11.0. The van der Waals surface area contributed by atoms with Gasteiger partial charge < -0.3 is 9.15 Å². The third-order valence-electron chi connectivity index (χ3n) is 4.47. The molecule has 0 bridgehead atoms. The number of carbonyl (C=O) groups excluding carboxylic acids is 1. The topological polar surface area (TPSA) is 39.4 Å². The lowest BCUT2D eigenvalue weighted by atomic mass is 10.1. The van der Waals surface area contributed by atoms with Gasteiger partial charge in [0.15, 0.2) is 5.78 Å². The quantitative estimate of drug-likeness (QED) is 0.178. The Morgan fingerprint density at radius 2 is 1.90 bits per heavy atom. The maximum absolute atomic E-state index is 12.5. The summed E-state index contributed by atoms with van der Waals surface area (Å²) in [6.07, 6.45) is 4.04. The van der Waals surface area contributed by atoms with Crippen LogP contribution in [-0.4, -0.2) is 5.78 Å². The van der Waals surface area contributed by atoms with E-state index in [2.05, 4.69) is 28.1 Å². The van der Waals surface area contributed by atoms with Crippen molar-refractivity contribution in [2.24, 2.45) is 0 Å². The number of hydrogen-bond donors (Lipinski definition) is 0. The summed E-state index contributed by atoms with van der Waals surface area (Å²) in [6.45, 7) is 0.247. The van der Waals surface area contributed by atoms with Gasteiger partial charge in [-0.3, -0.25) is 4.79 Å². The van der Waals surface area contributed by atoms with Crippen LogP contribution in [0.1, 0.15) is 31.6 Å². The van der Waals surface area contributed by atoms with E-state index < -0.39 is 0 Å². The normalized spacial score (nSPS) is 11.2. The molecule has 6 heteroatoms. The molecule has 0 saturated heterocycles. The highest BCUT2D eigenvalue weighted by molar-refractivity contribution is 9.10. The van der Waals surface area contributed by atoms with Crippen LogP contribution in [0.2, 0.25) is 5.02 Å². The highest BCUT2D eigenvalue weighted by Gasteiger charge is 2.09. The molecule has 0 atom stereocenters. The Hall–Kier alpha value is -2.60. The van der Waals surface area contributed by atoms with E-state index in [1.165, 1.54) is 23.0 Å². The molecule has 0 radical (unpaired) electrons. The van der Waals surface area contributed by atoms with Crippen molar-refractivity contribution in [1.82, 2.24) is 0 Å². The molecule has 0 aliphatic heterocycles. The minimum Gasteiger partial charge on any atom is -0.484 e. The van der Waals surface area contributed by atoms with Gasteiger partial charge in [0.25, 0.3) is 0 Å². The molecule has 0 fully saturated rings. The fourth-order valence-corrected chi connectivity index (χ4v) is 4.64. The zero-order valence-electron chi connectivity index (χ0n) is 16.4. The van der Waals surface area contributed by atoms with E-state index in [1.54, 1.807) is 24.3 Å². The number of ether oxygens (including phenoxy) is 1. The molecule has 0 spiro atoms. The third-order valence-corrected chi connectivity index (χ3v) is 6.36. The molecule has 0 amide bonds. The van der Waals surface area contributed by atoms with Crippen LogP contribution >= 0.6 is 38.9 Å². The van der Waals surface area contributed by atoms with Gasteiger partial charge in [0.1, 0.15) is 23.9 Å². The maximum Gasteiger partial charge on any atom is 0.195 e. The molecule has 4 rings (SSSR count). The molecule has 0 N–H and O–H groups in total. The van der Waals surface area contributed by atoms with Crippen molar-refractivity contribution in [3.63, 3.8) is 0 Å². The van der Waals surface area contributed by atoms with Gasteiger partial charge in [-0.2, -0.15) is 0 Å². The van der Waals surface area contributed by atoms with Crippen LogP contribution in [0.4, 0.5) is 0 Å². The van der Waals surface area contributed by atoms with Gasteiger partial charge in [-0.1, -0.05) is 57.9 Å². The Bertz CT molecular complexity index is 1210. The number of hydrogen-bond acceptors (Lipinski definition) is 4. The standard InChI is InChI=1S/C25H18BrClO3S/c26-18-6-12-24(22(27)15-18)29-16-20-8-7-19(30-20)9-11-23(28)25-13-10-21(31-25)14-17-4-2-1-3-5-17/h1-13,15H,14,16H2/b11-9+. The monoisotopic (exact) mass is 512 g/mol. The number of furan rings is 1. The molecule has 3 nitrogen and oxygen atoms in total. The first kappa shape index (κ1) is 21.6. The van der Waals surface area contributed by atoms with Gasteiger partial charge in [-0.25, -0.2) is 0 Å². The first-order chi connectivity index (χ1) is 15.1. The van der Waals surface area contributed by atoms with E-state index >= 15 is 0 Å². The summed E-state index contributed by atoms with van der Waals surface area (Å²) in [7, 11) is 0. The summed E-state index contributed by atoms with van der Waals surface area (Å²) in [5.41, 5.74) is 1.23. The zero-order valence-corrected chi connectivity index (χ0v) is 19.5. The number of thiophene rings is 1. The van der Waals surface area contributed by atoms with Crippen LogP contribution in [-0.2, 0) is 13.0 Å². The van der Waals surface area contributed by atoms with Crippen molar-refractivity contribution in [3.05, 3.63) is 115 Å². The molecule has 4 aromatic rings. The molecular weight excluding hydrogens is 496 g/mol. The van der Waals surface area contributed by atoms with Gasteiger partial charge in [0, 0.05) is 15.8 Å².